The van der Waals surface area contributed by atoms with Gasteiger partial charge in [0.15, 0.2) is 0 Å². The first-order chi connectivity index (χ1) is 10.3. The Labute approximate surface area is 128 Å². The van der Waals surface area contributed by atoms with Crippen molar-refractivity contribution in [1.82, 2.24) is 0 Å². The summed E-state index contributed by atoms with van der Waals surface area (Å²) in [6.45, 7) is 3.23. The van der Waals surface area contributed by atoms with E-state index in [0.29, 0.717) is 32.1 Å². The van der Waals surface area contributed by atoms with Crippen molar-refractivity contribution in [3.63, 3.8) is 0 Å². The molecule has 0 amide bonds. The topological polar surface area (TPSA) is 142 Å². The largest absolute Gasteiger partial charge is 0.480 e. The van der Waals surface area contributed by atoms with Gasteiger partial charge in [0.1, 0.15) is 18.2 Å². The molecule has 9 heteroatoms. The van der Waals surface area contributed by atoms with Crippen LogP contribution < -0.4 is 5.73 Å². The number of unbranched alkanes of at least 4 members (excludes halogenated alkanes) is 2. The fraction of sp³-hybridized carbons (Fsp3) is 0.846. The smallest absolute Gasteiger partial charge is 0.324 e. The number of carbonyl (C=O) groups excluding carboxylic acids is 1. The lowest BCUT2D eigenvalue weighted by atomic mass is 10.1. The number of aliphatic carboxylic acids is 1. The van der Waals surface area contributed by atoms with Crippen LogP contribution in [-0.2, 0) is 19.2 Å². The minimum absolute atomic E-state index is 0.156. The summed E-state index contributed by atoms with van der Waals surface area (Å²) in [7, 11) is 0. The maximum atomic E-state index is 11.5. The van der Waals surface area contributed by atoms with Crippen molar-refractivity contribution in [3.05, 3.63) is 10.1 Å². The minimum Gasteiger partial charge on any atom is -0.480 e. The van der Waals surface area contributed by atoms with Crippen LogP contribution in [0, 0.1) is 10.1 Å². The van der Waals surface area contributed by atoms with E-state index in [1.807, 2.05) is 0 Å². The first kappa shape index (κ1) is 20.1. The van der Waals surface area contributed by atoms with Crippen molar-refractivity contribution in [3.8, 4) is 0 Å². The molecule has 0 saturated heterocycles. The number of nitrogens with two attached hydrogens (primary N) is 1. The van der Waals surface area contributed by atoms with Crippen molar-refractivity contribution in [2.24, 2.45) is 5.73 Å². The first-order valence-corrected chi connectivity index (χ1v) is 7.26. The zero-order valence-electron chi connectivity index (χ0n) is 12.9. The molecule has 0 heterocycles. The number of carboxylic acids is 1. The van der Waals surface area contributed by atoms with Crippen molar-refractivity contribution in [2.75, 3.05) is 0 Å². The second-order valence-corrected chi connectivity index (χ2v) is 5.02. The molecule has 0 rings (SSSR count). The number of ether oxygens (including phenoxy) is 1. The highest BCUT2D eigenvalue weighted by Crippen LogP contribution is 2.12. The molecule has 22 heavy (non-hydrogen) atoms. The number of hydrogen-bond acceptors (Lipinski definition) is 7. The Morgan fingerprint density at radius 3 is 2.45 bits per heavy atom. The Kier molecular flexibility index (Phi) is 9.84. The quantitative estimate of drug-likeness (QED) is 0.237. The second kappa shape index (κ2) is 10.8. The normalized spacial score (nSPS) is 14.7. The molecule has 0 bridgehead atoms. The monoisotopic (exact) mass is 320 g/mol. The van der Waals surface area contributed by atoms with E-state index in [1.54, 1.807) is 6.92 Å². The van der Waals surface area contributed by atoms with Crippen LogP contribution >= 0.6 is 0 Å². The van der Waals surface area contributed by atoms with Crippen molar-refractivity contribution in [2.45, 2.75) is 70.6 Å². The molecule has 0 aliphatic carbocycles. The summed E-state index contributed by atoms with van der Waals surface area (Å²) in [5, 5.41) is 18.1. The van der Waals surface area contributed by atoms with E-state index in [9.17, 15) is 19.7 Å². The summed E-state index contributed by atoms with van der Waals surface area (Å²) in [6.07, 6.45) is 1.90. The van der Waals surface area contributed by atoms with Crippen LogP contribution in [0.15, 0.2) is 0 Å². The predicted molar refractivity (Wildman–Crippen MR) is 76.4 cm³/mol. The molecule has 0 saturated carbocycles. The molecule has 9 nitrogen and oxygen atoms in total. The SMILES string of the molecule is CCC(CCCCCC(=O)OC(C)C(N)C(=O)O)O[N+](=O)[O-]. The van der Waals surface area contributed by atoms with Crippen LogP contribution in [0.25, 0.3) is 0 Å². The number of rotatable bonds is 12. The van der Waals surface area contributed by atoms with Gasteiger partial charge in [-0.3, -0.25) is 9.59 Å². The van der Waals surface area contributed by atoms with E-state index in [1.165, 1.54) is 6.92 Å². The minimum atomic E-state index is -1.24. The van der Waals surface area contributed by atoms with Gasteiger partial charge in [-0.15, -0.1) is 10.1 Å². The lowest BCUT2D eigenvalue weighted by Gasteiger charge is -2.16. The van der Waals surface area contributed by atoms with Gasteiger partial charge in [0.05, 0.1) is 0 Å². The molecule has 0 aromatic heterocycles. The Morgan fingerprint density at radius 2 is 1.95 bits per heavy atom. The molecule has 0 aromatic carbocycles. The van der Waals surface area contributed by atoms with Crippen LogP contribution in [-0.4, -0.2) is 40.4 Å². The summed E-state index contributed by atoms with van der Waals surface area (Å²) in [4.78, 5) is 36.8. The van der Waals surface area contributed by atoms with Crippen LogP contribution in [0.5, 0.6) is 0 Å². The van der Waals surface area contributed by atoms with E-state index in [4.69, 9.17) is 15.6 Å². The van der Waals surface area contributed by atoms with Crippen molar-refractivity contribution in [1.29, 1.82) is 0 Å². The summed E-state index contributed by atoms with van der Waals surface area (Å²) in [5.41, 5.74) is 5.33. The summed E-state index contributed by atoms with van der Waals surface area (Å²) < 4.78 is 4.92. The van der Waals surface area contributed by atoms with Gasteiger partial charge in [-0.25, -0.2) is 0 Å². The van der Waals surface area contributed by atoms with Crippen LogP contribution in [0.3, 0.4) is 0 Å². The Morgan fingerprint density at radius 1 is 1.32 bits per heavy atom. The number of hydrogen-bond donors (Lipinski definition) is 2. The highest BCUT2D eigenvalue weighted by Gasteiger charge is 2.23. The number of nitrogens with zero attached hydrogens (tertiary/aromatic N) is 1. The molecule has 0 aliphatic rings. The first-order valence-electron chi connectivity index (χ1n) is 7.26. The fourth-order valence-corrected chi connectivity index (χ4v) is 1.81. The summed E-state index contributed by atoms with van der Waals surface area (Å²) >= 11 is 0. The van der Waals surface area contributed by atoms with Crippen LogP contribution in [0.1, 0.15) is 52.4 Å². The predicted octanol–water partition coefficient (Wildman–Crippen LogP) is 1.27. The van der Waals surface area contributed by atoms with E-state index in [-0.39, 0.29) is 6.42 Å². The molecular formula is C13H24N2O7. The molecule has 3 atom stereocenters. The third-order valence-electron chi connectivity index (χ3n) is 3.21. The van der Waals surface area contributed by atoms with E-state index in [0.717, 1.165) is 0 Å². The lowest BCUT2D eigenvalue weighted by Crippen LogP contribution is -2.42. The maximum absolute atomic E-state index is 11.5. The van der Waals surface area contributed by atoms with Gasteiger partial charge in [-0.1, -0.05) is 19.8 Å². The summed E-state index contributed by atoms with van der Waals surface area (Å²) in [5.74, 6) is -1.73. The standard InChI is InChI=1S/C13H24N2O7/c1-3-10(22-15(19)20)7-5-4-6-8-11(16)21-9(2)12(14)13(17)18/h9-10,12H,3-8,14H2,1-2H3,(H,17,18). The number of esters is 1. The van der Waals surface area contributed by atoms with Gasteiger partial charge in [0.2, 0.25) is 0 Å². The Balaban J connectivity index is 3.80. The second-order valence-electron chi connectivity index (χ2n) is 5.02. The van der Waals surface area contributed by atoms with E-state index < -0.39 is 35.3 Å². The molecular weight excluding hydrogens is 296 g/mol. The third-order valence-corrected chi connectivity index (χ3v) is 3.21. The van der Waals surface area contributed by atoms with Gasteiger partial charge < -0.3 is 20.4 Å². The van der Waals surface area contributed by atoms with E-state index in [2.05, 4.69) is 4.84 Å². The molecule has 0 radical (unpaired) electrons. The van der Waals surface area contributed by atoms with Crippen molar-refractivity contribution >= 4 is 11.9 Å². The van der Waals surface area contributed by atoms with Crippen molar-refractivity contribution < 1.29 is 29.4 Å². The fourth-order valence-electron chi connectivity index (χ4n) is 1.81. The lowest BCUT2D eigenvalue weighted by molar-refractivity contribution is -0.768. The molecule has 0 aliphatic heterocycles. The molecule has 3 N–H and O–H groups in total. The highest BCUT2D eigenvalue weighted by molar-refractivity contribution is 5.75. The zero-order chi connectivity index (χ0) is 17.1. The third kappa shape index (κ3) is 9.11. The molecule has 0 fully saturated rings. The zero-order valence-corrected chi connectivity index (χ0v) is 12.9. The highest BCUT2D eigenvalue weighted by atomic mass is 17.0. The number of carbonyl (C=O) groups is 2. The molecule has 128 valence electrons. The Hall–Kier alpha value is -1.90. The maximum Gasteiger partial charge on any atom is 0.324 e. The van der Waals surface area contributed by atoms with Crippen LogP contribution in [0.4, 0.5) is 0 Å². The van der Waals surface area contributed by atoms with Gasteiger partial charge in [0, 0.05) is 6.42 Å². The van der Waals surface area contributed by atoms with Crippen LogP contribution in [0.2, 0.25) is 0 Å². The molecule has 0 aromatic rings. The molecule has 3 unspecified atom stereocenters. The van der Waals surface area contributed by atoms with Gasteiger partial charge in [-0.2, -0.15) is 0 Å². The Bertz CT molecular complexity index is 375. The average molecular weight is 320 g/mol. The van der Waals surface area contributed by atoms with Gasteiger partial charge in [-0.05, 0) is 26.2 Å². The average Bonchev–Trinajstić information content (AvgIpc) is 2.43. The van der Waals surface area contributed by atoms with Gasteiger partial charge in [0.25, 0.3) is 5.09 Å². The number of carboxylic acid groups (broad SMARTS) is 1. The van der Waals surface area contributed by atoms with E-state index >= 15 is 0 Å². The molecule has 0 spiro atoms. The summed E-state index contributed by atoms with van der Waals surface area (Å²) in [6, 6.07) is -1.24. The van der Waals surface area contributed by atoms with Gasteiger partial charge >= 0.3 is 11.9 Å².